The highest BCUT2D eigenvalue weighted by atomic mass is 127. The Morgan fingerprint density at radius 2 is 1.20 bits per heavy atom. The van der Waals surface area contributed by atoms with Gasteiger partial charge in [0.1, 0.15) is 6.10 Å². The second-order valence-corrected chi connectivity index (χ2v) is 12.1. The van der Waals surface area contributed by atoms with Gasteiger partial charge in [-0.15, -0.1) is 0 Å². The van der Waals surface area contributed by atoms with E-state index >= 15 is 0 Å². The Kier molecular flexibility index (Phi) is 9.71. The number of allylic oxidation sites excluding steroid dienone is 2. The first-order chi connectivity index (χ1) is 22.4. The molecule has 5 aromatic carbocycles. The molecule has 2 aliphatic rings. The number of aliphatic hydroxyl groups excluding tert-OH is 1. The first-order valence-electron chi connectivity index (χ1n) is 14.8. The molecule has 0 aromatic heterocycles. The van der Waals surface area contributed by atoms with E-state index in [1.165, 1.54) is 32.4 Å². The highest BCUT2D eigenvalue weighted by molar-refractivity contribution is 14.1. The monoisotopic (exact) mass is 715 g/mol. The average Bonchev–Trinajstić information content (AvgIpc) is 3.70. The molecule has 7 heteroatoms. The fourth-order valence-corrected chi connectivity index (χ4v) is 5.94. The van der Waals surface area contributed by atoms with Crippen molar-refractivity contribution in [2.45, 2.75) is 19.2 Å². The highest BCUT2D eigenvalue weighted by Crippen LogP contribution is 2.29. The van der Waals surface area contributed by atoms with Crippen molar-refractivity contribution >= 4 is 51.9 Å². The molecule has 2 aliphatic heterocycles. The van der Waals surface area contributed by atoms with Crippen molar-refractivity contribution in [1.82, 2.24) is 0 Å². The van der Waals surface area contributed by atoms with E-state index in [-0.39, 0.29) is 5.69 Å². The van der Waals surface area contributed by atoms with Crippen molar-refractivity contribution in [3.05, 3.63) is 192 Å². The van der Waals surface area contributed by atoms with Crippen molar-refractivity contribution in [3.8, 4) is 0 Å². The van der Waals surface area contributed by atoms with E-state index in [2.05, 4.69) is 75.1 Å². The standard InChI is InChI=1S/C23H18N2O3.C16H12IN/c26-23(17-7-4-8-20(14-17)25(27)28)18-10-11-21-19(13-18)15-24-22(21)12-9-16-5-2-1-3-6-16;17-14-7-8-15-13(10-14)11-18-16(15)9-6-12-4-2-1-3-5-12/h1-14,23,26H,15H2;1-10H,11H2/b12-9+;9-6+. The number of hydrogen-bond donors (Lipinski definition) is 1. The molecule has 2 heterocycles. The number of non-ortho nitro benzene ring substituents is 1. The SMILES string of the molecule is Ic1ccc2c(c1)CN=C2/C=C/c1ccccc1.O=[N+]([O-])c1cccc(C(O)c2ccc3c(c2)CN=C3/C=C/c2ccccc2)c1. The van der Waals surface area contributed by atoms with E-state index in [1.54, 1.807) is 12.1 Å². The summed E-state index contributed by atoms with van der Waals surface area (Å²) < 4.78 is 1.27. The molecule has 0 saturated carbocycles. The van der Waals surface area contributed by atoms with Crippen LogP contribution in [0.4, 0.5) is 5.69 Å². The third-order valence-electron chi connectivity index (χ3n) is 7.77. The predicted octanol–water partition coefficient (Wildman–Crippen LogP) is 9.00. The minimum atomic E-state index is -0.922. The molecule has 0 amide bonds. The molecular weight excluding hydrogens is 685 g/mol. The fourth-order valence-electron chi connectivity index (χ4n) is 5.38. The van der Waals surface area contributed by atoms with Gasteiger partial charge in [0, 0.05) is 26.8 Å². The van der Waals surface area contributed by atoms with Gasteiger partial charge < -0.3 is 5.11 Å². The summed E-state index contributed by atoms with van der Waals surface area (Å²) in [7, 11) is 0. The van der Waals surface area contributed by atoms with E-state index in [0.717, 1.165) is 34.7 Å². The van der Waals surface area contributed by atoms with Gasteiger partial charge in [-0.05, 0) is 80.3 Å². The molecule has 1 atom stereocenters. The van der Waals surface area contributed by atoms with E-state index in [9.17, 15) is 15.2 Å². The van der Waals surface area contributed by atoms with Gasteiger partial charge in [-0.1, -0.05) is 109 Å². The summed E-state index contributed by atoms with van der Waals surface area (Å²) in [6.07, 6.45) is 7.33. The zero-order valence-corrected chi connectivity index (χ0v) is 27.0. The van der Waals surface area contributed by atoms with Crippen LogP contribution in [0.1, 0.15) is 50.6 Å². The van der Waals surface area contributed by atoms with Crippen molar-refractivity contribution in [3.63, 3.8) is 0 Å². The first kappa shape index (κ1) is 31.0. The van der Waals surface area contributed by atoms with Crippen molar-refractivity contribution < 1.29 is 10.0 Å². The molecule has 7 rings (SSSR count). The number of halogens is 1. The summed E-state index contributed by atoms with van der Waals surface area (Å²) >= 11 is 2.34. The van der Waals surface area contributed by atoms with Gasteiger partial charge >= 0.3 is 0 Å². The summed E-state index contributed by atoms with van der Waals surface area (Å²) in [5, 5.41) is 21.6. The number of nitrogens with zero attached hydrogens (tertiary/aromatic N) is 3. The Bertz CT molecular complexity index is 2000. The Labute approximate surface area is 281 Å². The normalized spacial score (nSPS) is 13.9. The van der Waals surface area contributed by atoms with Crippen LogP contribution in [0.3, 0.4) is 0 Å². The Morgan fingerprint density at radius 3 is 1.78 bits per heavy atom. The Hall–Kier alpha value is -4.99. The largest absolute Gasteiger partial charge is 0.384 e. The summed E-state index contributed by atoms with van der Waals surface area (Å²) in [6, 6.07) is 38.7. The molecule has 0 saturated heterocycles. The molecule has 1 unspecified atom stereocenters. The molecule has 0 spiro atoms. The van der Waals surface area contributed by atoms with Crippen LogP contribution in [0.25, 0.3) is 12.2 Å². The van der Waals surface area contributed by atoms with E-state index in [4.69, 9.17) is 0 Å². The van der Waals surface area contributed by atoms with Gasteiger partial charge in [0.15, 0.2) is 0 Å². The topological polar surface area (TPSA) is 88.1 Å². The van der Waals surface area contributed by atoms with Crippen LogP contribution in [-0.2, 0) is 13.1 Å². The number of aliphatic hydroxyl groups is 1. The van der Waals surface area contributed by atoms with Gasteiger partial charge in [-0.2, -0.15) is 0 Å². The Morgan fingerprint density at radius 1 is 0.652 bits per heavy atom. The molecule has 6 nitrogen and oxygen atoms in total. The van der Waals surface area contributed by atoms with Crippen LogP contribution < -0.4 is 0 Å². The minimum Gasteiger partial charge on any atom is -0.384 e. The summed E-state index contributed by atoms with van der Waals surface area (Å²) in [5.74, 6) is 0. The molecular formula is C39H30IN3O3. The number of rotatable bonds is 7. The van der Waals surface area contributed by atoms with Gasteiger partial charge in [0.05, 0.1) is 29.4 Å². The molecule has 5 aromatic rings. The quantitative estimate of drug-likeness (QED) is 0.104. The number of aliphatic imine (C=N–C) groups is 2. The van der Waals surface area contributed by atoms with Crippen LogP contribution >= 0.6 is 22.6 Å². The van der Waals surface area contributed by atoms with Crippen molar-refractivity contribution in [1.29, 1.82) is 0 Å². The molecule has 1 N–H and O–H groups in total. The summed E-state index contributed by atoms with van der Waals surface area (Å²) in [4.78, 5) is 19.7. The Balaban J connectivity index is 0.000000178. The molecule has 0 bridgehead atoms. The number of hydrogen-bond acceptors (Lipinski definition) is 5. The van der Waals surface area contributed by atoms with Crippen LogP contribution in [0, 0.1) is 13.7 Å². The zero-order chi connectivity index (χ0) is 31.9. The molecule has 226 valence electrons. The lowest BCUT2D eigenvalue weighted by Crippen LogP contribution is -2.03. The third kappa shape index (κ3) is 7.44. The third-order valence-corrected chi connectivity index (χ3v) is 8.44. The molecule has 46 heavy (non-hydrogen) atoms. The predicted molar refractivity (Wildman–Crippen MR) is 194 cm³/mol. The lowest BCUT2D eigenvalue weighted by molar-refractivity contribution is -0.385. The summed E-state index contributed by atoms with van der Waals surface area (Å²) in [6.45, 7) is 1.36. The fraction of sp³-hybridized carbons (Fsp3) is 0.0769. The van der Waals surface area contributed by atoms with Crippen LogP contribution in [0.5, 0.6) is 0 Å². The maximum atomic E-state index is 11.0. The number of nitro benzene ring substituents is 1. The first-order valence-corrected chi connectivity index (χ1v) is 15.9. The van der Waals surface area contributed by atoms with E-state index < -0.39 is 11.0 Å². The van der Waals surface area contributed by atoms with Crippen LogP contribution in [-0.4, -0.2) is 21.5 Å². The lowest BCUT2D eigenvalue weighted by Gasteiger charge is -2.13. The maximum absolute atomic E-state index is 11.0. The van der Waals surface area contributed by atoms with E-state index in [0.29, 0.717) is 17.7 Å². The smallest absolute Gasteiger partial charge is 0.269 e. The van der Waals surface area contributed by atoms with Crippen LogP contribution in [0.2, 0.25) is 0 Å². The molecule has 0 fully saturated rings. The van der Waals surface area contributed by atoms with Crippen LogP contribution in [0.15, 0.2) is 143 Å². The second kappa shape index (κ2) is 14.4. The number of benzene rings is 5. The summed E-state index contributed by atoms with van der Waals surface area (Å²) in [5.41, 5.74) is 10.2. The minimum absolute atomic E-state index is 0.0330. The molecule has 0 radical (unpaired) electrons. The zero-order valence-electron chi connectivity index (χ0n) is 24.8. The van der Waals surface area contributed by atoms with E-state index in [1.807, 2.05) is 78.9 Å². The van der Waals surface area contributed by atoms with Gasteiger partial charge in [-0.3, -0.25) is 20.1 Å². The molecule has 0 aliphatic carbocycles. The second-order valence-electron chi connectivity index (χ2n) is 10.9. The number of fused-ring (bicyclic) bond motifs is 2. The highest BCUT2D eigenvalue weighted by Gasteiger charge is 2.19. The van der Waals surface area contributed by atoms with Crippen molar-refractivity contribution in [2.24, 2.45) is 9.98 Å². The lowest BCUT2D eigenvalue weighted by atomic mass is 9.96. The van der Waals surface area contributed by atoms with Gasteiger partial charge in [0.2, 0.25) is 0 Å². The maximum Gasteiger partial charge on any atom is 0.269 e. The van der Waals surface area contributed by atoms with Gasteiger partial charge in [0.25, 0.3) is 5.69 Å². The van der Waals surface area contributed by atoms with Crippen molar-refractivity contribution in [2.75, 3.05) is 0 Å². The number of nitro groups is 1. The van der Waals surface area contributed by atoms with Gasteiger partial charge in [-0.25, -0.2) is 0 Å². The average molecular weight is 716 g/mol.